The van der Waals surface area contributed by atoms with Gasteiger partial charge in [0.2, 0.25) is 0 Å². The lowest BCUT2D eigenvalue weighted by atomic mass is 10.2. The molecule has 1 aromatic carbocycles. The summed E-state index contributed by atoms with van der Waals surface area (Å²) in [5.74, 6) is 0. The fourth-order valence-electron chi connectivity index (χ4n) is 1.11. The Morgan fingerprint density at radius 3 is 3.00 bits per heavy atom. The molecule has 0 unspecified atom stereocenters. The standard InChI is InChI=1S/C9H5ClOS/c10-7-1-2-9-8(3-7)6(4-11)5-12-9/h1-5H. The molecular weight excluding hydrogens is 192 g/mol. The molecule has 2 aromatic rings. The third-order valence-corrected chi connectivity index (χ3v) is 2.91. The molecule has 12 heavy (non-hydrogen) atoms. The molecule has 0 amide bonds. The van der Waals surface area contributed by atoms with Gasteiger partial charge < -0.3 is 0 Å². The fraction of sp³-hybridized carbons (Fsp3) is 0. The second kappa shape index (κ2) is 2.88. The van der Waals surface area contributed by atoms with Crippen molar-refractivity contribution >= 4 is 39.3 Å². The van der Waals surface area contributed by atoms with Gasteiger partial charge in [0.1, 0.15) is 0 Å². The van der Waals surface area contributed by atoms with Gasteiger partial charge >= 0.3 is 0 Å². The first-order chi connectivity index (χ1) is 5.81. The highest BCUT2D eigenvalue weighted by atomic mass is 35.5. The summed E-state index contributed by atoms with van der Waals surface area (Å²) in [6.07, 6.45) is 0.856. The number of hydrogen-bond donors (Lipinski definition) is 0. The molecule has 0 atom stereocenters. The van der Waals surface area contributed by atoms with E-state index in [-0.39, 0.29) is 0 Å². The maximum atomic E-state index is 10.6. The van der Waals surface area contributed by atoms with Gasteiger partial charge in [-0.1, -0.05) is 11.6 Å². The third kappa shape index (κ3) is 1.13. The monoisotopic (exact) mass is 196 g/mol. The van der Waals surface area contributed by atoms with Crippen LogP contribution in [0.25, 0.3) is 10.1 Å². The van der Waals surface area contributed by atoms with Gasteiger partial charge in [0.05, 0.1) is 0 Å². The van der Waals surface area contributed by atoms with Gasteiger partial charge in [-0.25, -0.2) is 0 Å². The number of carbonyl (C=O) groups is 1. The summed E-state index contributed by atoms with van der Waals surface area (Å²) in [7, 11) is 0. The summed E-state index contributed by atoms with van der Waals surface area (Å²) >= 11 is 7.35. The lowest BCUT2D eigenvalue weighted by Gasteiger charge is -1.90. The zero-order valence-corrected chi connectivity index (χ0v) is 7.65. The van der Waals surface area contributed by atoms with E-state index in [1.807, 2.05) is 23.6 Å². The first-order valence-corrected chi connectivity index (χ1v) is 4.69. The summed E-state index contributed by atoms with van der Waals surface area (Å²) in [6.45, 7) is 0. The normalized spacial score (nSPS) is 10.4. The highest BCUT2D eigenvalue weighted by Crippen LogP contribution is 2.27. The molecule has 0 saturated carbocycles. The van der Waals surface area contributed by atoms with E-state index in [4.69, 9.17) is 11.6 Å². The van der Waals surface area contributed by atoms with Gasteiger partial charge in [-0.3, -0.25) is 4.79 Å². The fourth-order valence-corrected chi connectivity index (χ4v) is 2.17. The van der Waals surface area contributed by atoms with Gasteiger partial charge in [-0.15, -0.1) is 11.3 Å². The van der Waals surface area contributed by atoms with Crippen LogP contribution >= 0.6 is 22.9 Å². The Balaban J connectivity index is 2.83. The number of benzene rings is 1. The molecule has 0 spiro atoms. The molecule has 1 heterocycles. The Kier molecular flexibility index (Phi) is 1.87. The molecule has 0 aliphatic heterocycles. The summed E-state index contributed by atoms with van der Waals surface area (Å²) in [5, 5.41) is 3.46. The Labute approximate surface area is 78.6 Å². The number of hydrogen-bond acceptors (Lipinski definition) is 2. The van der Waals surface area contributed by atoms with Crippen molar-refractivity contribution in [2.75, 3.05) is 0 Å². The van der Waals surface area contributed by atoms with Gasteiger partial charge in [0.15, 0.2) is 6.29 Å². The number of rotatable bonds is 1. The van der Waals surface area contributed by atoms with Crippen molar-refractivity contribution in [3.63, 3.8) is 0 Å². The van der Waals surface area contributed by atoms with Crippen molar-refractivity contribution in [1.29, 1.82) is 0 Å². The van der Waals surface area contributed by atoms with Crippen molar-refractivity contribution in [1.82, 2.24) is 0 Å². The quantitative estimate of drug-likeness (QED) is 0.640. The molecule has 0 radical (unpaired) electrons. The molecule has 0 aliphatic carbocycles. The average Bonchev–Trinajstić information content (AvgIpc) is 2.46. The van der Waals surface area contributed by atoms with Crippen molar-refractivity contribution in [3.8, 4) is 0 Å². The SMILES string of the molecule is O=Cc1csc2ccc(Cl)cc12. The summed E-state index contributed by atoms with van der Waals surface area (Å²) in [4.78, 5) is 10.6. The highest BCUT2D eigenvalue weighted by Gasteiger charge is 2.02. The summed E-state index contributed by atoms with van der Waals surface area (Å²) in [5.41, 5.74) is 0.720. The van der Waals surface area contributed by atoms with Crippen LogP contribution in [0, 0.1) is 0 Å². The van der Waals surface area contributed by atoms with Crippen molar-refractivity contribution in [2.45, 2.75) is 0 Å². The number of thiophene rings is 1. The van der Waals surface area contributed by atoms with Gasteiger partial charge in [-0.2, -0.15) is 0 Å². The molecule has 0 saturated heterocycles. The van der Waals surface area contributed by atoms with E-state index in [2.05, 4.69) is 0 Å². The lowest BCUT2D eigenvalue weighted by Crippen LogP contribution is -1.73. The van der Waals surface area contributed by atoms with E-state index in [1.165, 1.54) is 0 Å². The van der Waals surface area contributed by atoms with E-state index in [9.17, 15) is 4.79 Å². The Morgan fingerprint density at radius 1 is 1.42 bits per heavy atom. The highest BCUT2D eigenvalue weighted by molar-refractivity contribution is 7.17. The van der Waals surface area contributed by atoms with Gasteiger partial charge in [0.25, 0.3) is 0 Å². The first-order valence-electron chi connectivity index (χ1n) is 3.43. The van der Waals surface area contributed by atoms with Gasteiger partial charge in [-0.05, 0) is 18.2 Å². The van der Waals surface area contributed by atoms with Crippen LogP contribution in [-0.2, 0) is 0 Å². The minimum absolute atomic E-state index is 0.670. The molecule has 60 valence electrons. The summed E-state index contributed by atoms with van der Waals surface area (Å²) < 4.78 is 1.10. The number of fused-ring (bicyclic) bond motifs is 1. The van der Waals surface area contributed by atoms with E-state index in [1.54, 1.807) is 11.3 Å². The van der Waals surface area contributed by atoms with Crippen LogP contribution in [0.4, 0.5) is 0 Å². The second-order valence-electron chi connectivity index (χ2n) is 2.45. The lowest BCUT2D eigenvalue weighted by molar-refractivity contribution is 0.112. The van der Waals surface area contributed by atoms with Crippen LogP contribution in [0.15, 0.2) is 23.6 Å². The second-order valence-corrected chi connectivity index (χ2v) is 3.80. The van der Waals surface area contributed by atoms with Crippen molar-refractivity contribution in [2.24, 2.45) is 0 Å². The Bertz CT molecular complexity index is 433. The minimum atomic E-state index is 0.670. The molecule has 0 N–H and O–H groups in total. The maximum Gasteiger partial charge on any atom is 0.151 e. The molecule has 1 aromatic heterocycles. The van der Waals surface area contributed by atoms with E-state index >= 15 is 0 Å². The van der Waals surface area contributed by atoms with Crippen LogP contribution in [0.2, 0.25) is 5.02 Å². The van der Waals surface area contributed by atoms with E-state index in [0.29, 0.717) is 5.02 Å². The number of halogens is 1. The average molecular weight is 197 g/mol. The minimum Gasteiger partial charge on any atom is -0.298 e. The molecule has 3 heteroatoms. The topological polar surface area (TPSA) is 17.1 Å². The molecule has 0 aliphatic rings. The van der Waals surface area contributed by atoms with E-state index in [0.717, 1.165) is 21.9 Å². The predicted octanol–water partition coefficient (Wildman–Crippen LogP) is 3.37. The van der Waals surface area contributed by atoms with Crippen LogP contribution in [0.5, 0.6) is 0 Å². The zero-order valence-electron chi connectivity index (χ0n) is 6.08. The smallest absolute Gasteiger partial charge is 0.151 e. The van der Waals surface area contributed by atoms with Crippen LogP contribution in [-0.4, -0.2) is 6.29 Å². The van der Waals surface area contributed by atoms with Crippen molar-refractivity contribution in [3.05, 3.63) is 34.2 Å². The van der Waals surface area contributed by atoms with Crippen LogP contribution < -0.4 is 0 Å². The Hall–Kier alpha value is -0.860. The molecule has 1 nitrogen and oxygen atoms in total. The van der Waals surface area contributed by atoms with Crippen molar-refractivity contribution < 1.29 is 4.79 Å². The molecule has 0 fully saturated rings. The Morgan fingerprint density at radius 2 is 2.25 bits per heavy atom. The maximum absolute atomic E-state index is 10.6. The van der Waals surface area contributed by atoms with Crippen LogP contribution in [0.1, 0.15) is 10.4 Å². The van der Waals surface area contributed by atoms with Crippen LogP contribution in [0.3, 0.4) is 0 Å². The number of carbonyl (C=O) groups excluding carboxylic acids is 1. The molecular formula is C9H5ClOS. The zero-order chi connectivity index (χ0) is 8.55. The predicted molar refractivity (Wildman–Crippen MR) is 52.2 cm³/mol. The first kappa shape index (κ1) is 7.77. The van der Waals surface area contributed by atoms with Gasteiger partial charge in [0, 0.05) is 26.1 Å². The molecule has 2 rings (SSSR count). The van der Waals surface area contributed by atoms with E-state index < -0.39 is 0 Å². The number of aldehydes is 1. The largest absolute Gasteiger partial charge is 0.298 e. The summed E-state index contributed by atoms with van der Waals surface area (Å²) in [6, 6.07) is 5.57. The third-order valence-electron chi connectivity index (χ3n) is 1.69. The molecule has 0 bridgehead atoms.